The van der Waals surface area contributed by atoms with Crippen LogP contribution in [0.2, 0.25) is 10.0 Å². The summed E-state index contributed by atoms with van der Waals surface area (Å²) in [6.45, 7) is 0. The number of carbonyl (C=O) groups is 1. The number of nitrogens with two attached hydrogens (primary N) is 1. The second-order valence-corrected chi connectivity index (χ2v) is 8.93. The lowest BCUT2D eigenvalue weighted by Crippen LogP contribution is -2.26. The fourth-order valence-electron chi connectivity index (χ4n) is 2.59. The summed E-state index contributed by atoms with van der Waals surface area (Å²) in [6.07, 6.45) is 0. The molecule has 0 saturated heterocycles. The summed E-state index contributed by atoms with van der Waals surface area (Å²) in [4.78, 5) is 12.6. The molecule has 0 heterocycles. The van der Waals surface area contributed by atoms with Crippen LogP contribution >= 0.6 is 23.2 Å². The molecule has 0 radical (unpaired) electrons. The number of hydrogen-bond donors (Lipinski definition) is 2. The van der Waals surface area contributed by atoms with Crippen LogP contribution in [0, 0.1) is 0 Å². The first kappa shape index (κ1) is 21.0. The second kappa shape index (κ2) is 8.32. The SMILES string of the molecule is CN(c1ccccc1)S(=O)(=O)c1cccc(C(=O)Nc2cc(Cl)c(N)c(Cl)c2)c1. The highest BCUT2D eigenvalue weighted by Crippen LogP contribution is 2.31. The van der Waals surface area contributed by atoms with Crippen LogP contribution in [0.15, 0.2) is 71.6 Å². The number of nitrogens with one attached hydrogen (secondary N) is 1. The predicted octanol–water partition coefficient (Wildman–Crippen LogP) is 4.65. The van der Waals surface area contributed by atoms with Crippen molar-refractivity contribution in [2.45, 2.75) is 4.90 Å². The van der Waals surface area contributed by atoms with Crippen molar-refractivity contribution in [2.75, 3.05) is 22.4 Å². The Labute approximate surface area is 178 Å². The Morgan fingerprint density at radius 1 is 0.966 bits per heavy atom. The van der Waals surface area contributed by atoms with Gasteiger partial charge in [0.2, 0.25) is 0 Å². The molecule has 3 N–H and O–H groups in total. The molecule has 0 fully saturated rings. The molecule has 150 valence electrons. The maximum absolute atomic E-state index is 12.9. The van der Waals surface area contributed by atoms with Gasteiger partial charge in [0.1, 0.15) is 0 Å². The first-order valence-corrected chi connectivity index (χ1v) is 10.6. The van der Waals surface area contributed by atoms with E-state index in [1.54, 1.807) is 30.3 Å². The highest BCUT2D eigenvalue weighted by atomic mass is 35.5. The third-order valence-electron chi connectivity index (χ3n) is 4.21. The number of nitrogen functional groups attached to an aromatic ring is 1. The van der Waals surface area contributed by atoms with E-state index < -0.39 is 15.9 Å². The van der Waals surface area contributed by atoms with E-state index in [0.717, 1.165) is 4.31 Å². The molecule has 0 aliphatic heterocycles. The van der Waals surface area contributed by atoms with E-state index in [0.29, 0.717) is 11.4 Å². The number of amides is 1. The van der Waals surface area contributed by atoms with E-state index in [4.69, 9.17) is 28.9 Å². The van der Waals surface area contributed by atoms with Crippen LogP contribution in [0.4, 0.5) is 17.1 Å². The number of hydrogen-bond acceptors (Lipinski definition) is 4. The van der Waals surface area contributed by atoms with Gasteiger partial charge in [0.05, 0.1) is 26.3 Å². The molecule has 9 heteroatoms. The Kier molecular flexibility index (Phi) is 6.02. The maximum atomic E-state index is 12.9. The van der Waals surface area contributed by atoms with Gasteiger partial charge in [0.25, 0.3) is 15.9 Å². The van der Waals surface area contributed by atoms with Crippen LogP contribution in [0.1, 0.15) is 10.4 Å². The molecular formula is C20H17Cl2N3O3S. The molecule has 0 bridgehead atoms. The number of anilines is 3. The molecule has 0 aliphatic rings. The van der Waals surface area contributed by atoms with Crippen molar-refractivity contribution in [3.8, 4) is 0 Å². The van der Waals surface area contributed by atoms with Crippen LogP contribution in [0.3, 0.4) is 0 Å². The Hall–Kier alpha value is -2.74. The number of rotatable bonds is 5. The fraction of sp³-hybridized carbons (Fsp3) is 0.0500. The average Bonchev–Trinajstić information content (AvgIpc) is 2.72. The summed E-state index contributed by atoms with van der Waals surface area (Å²) in [5, 5.41) is 3.04. The van der Waals surface area contributed by atoms with Crippen molar-refractivity contribution < 1.29 is 13.2 Å². The standard InChI is InChI=1S/C20H17Cl2N3O3S/c1-25(15-7-3-2-4-8-15)29(27,28)16-9-5-6-13(10-16)20(26)24-14-11-17(21)19(23)18(22)12-14/h2-12H,23H2,1H3,(H,24,26). The summed E-state index contributed by atoms with van der Waals surface area (Å²) < 4.78 is 27.0. The van der Waals surface area contributed by atoms with E-state index in [-0.39, 0.29) is 26.2 Å². The van der Waals surface area contributed by atoms with Gasteiger partial charge in [0.15, 0.2) is 0 Å². The summed E-state index contributed by atoms with van der Waals surface area (Å²) in [6, 6.07) is 17.3. The molecule has 29 heavy (non-hydrogen) atoms. The summed E-state index contributed by atoms with van der Waals surface area (Å²) in [7, 11) is -2.39. The predicted molar refractivity (Wildman–Crippen MR) is 117 cm³/mol. The Morgan fingerprint density at radius 2 is 1.59 bits per heavy atom. The van der Waals surface area contributed by atoms with Gasteiger partial charge in [-0.25, -0.2) is 8.42 Å². The summed E-state index contributed by atoms with van der Waals surface area (Å²) >= 11 is 12.0. The van der Waals surface area contributed by atoms with E-state index in [1.165, 1.54) is 43.4 Å². The van der Waals surface area contributed by atoms with Gasteiger partial charge in [0, 0.05) is 18.3 Å². The molecule has 0 unspecified atom stereocenters. The minimum absolute atomic E-state index is 0.00938. The zero-order valence-electron chi connectivity index (χ0n) is 15.3. The van der Waals surface area contributed by atoms with Crippen molar-refractivity contribution in [1.29, 1.82) is 0 Å². The molecule has 1 amide bonds. The van der Waals surface area contributed by atoms with Crippen molar-refractivity contribution in [1.82, 2.24) is 0 Å². The van der Waals surface area contributed by atoms with Crippen molar-refractivity contribution in [2.24, 2.45) is 0 Å². The van der Waals surface area contributed by atoms with Crippen molar-refractivity contribution in [3.05, 3.63) is 82.3 Å². The van der Waals surface area contributed by atoms with Gasteiger partial charge >= 0.3 is 0 Å². The number of para-hydroxylation sites is 1. The van der Waals surface area contributed by atoms with Gasteiger partial charge in [-0.3, -0.25) is 9.10 Å². The molecule has 3 aromatic carbocycles. The lowest BCUT2D eigenvalue weighted by Gasteiger charge is -2.19. The third-order valence-corrected chi connectivity index (χ3v) is 6.62. The number of sulfonamides is 1. The highest BCUT2D eigenvalue weighted by molar-refractivity contribution is 7.92. The molecule has 0 aliphatic carbocycles. The smallest absolute Gasteiger partial charge is 0.264 e. The largest absolute Gasteiger partial charge is 0.396 e. The second-order valence-electron chi connectivity index (χ2n) is 6.14. The third kappa shape index (κ3) is 4.48. The van der Waals surface area contributed by atoms with E-state index in [2.05, 4.69) is 5.32 Å². The summed E-state index contributed by atoms with van der Waals surface area (Å²) in [5.41, 5.74) is 6.91. The molecule has 6 nitrogen and oxygen atoms in total. The van der Waals surface area contributed by atoms with Gasteiger partial charge in [-0.05, 0) is 42.5 Å². The maximum Gasteiger partial charge on any atom is 0.264 e. The highest BCUT2D eigenvalue weighted by Gasteiger charge is 2.22. The van der Waals surface area contributed by atoms with E-state index >= 15 is 0 Å². The molecule has 0 spiro atoms. The van der Waals surface area contributed by atoms with E-state index in [1.807, 2.05) is 0 Å². The number of carbonyl (C=O) groups excluding carboxylic acids is 1. The quantitative estimate of drug-likeness (QED) is 0.554. The minimum Gasteiger partial charge on any atom is -0.396 e. The number of benzene rings is 3. The van der Waals surface area contributed by atoms with Crippen molar-refractivity contribution >= 4 is 56.2 Å². The Bertz CT molecular complexity index is 1150. The molecule has 3 aromatic rings. The van der Waals surface area contributed by atoms with Gasteiger partial charge in [-0.15, -0.1) is 0 Å². The van der Waals surface area contributed by atoms with Gasteiger partial charge in [-0.1, -0.05) is 47.5 Å². The van der Waals surface area contributed by atoms with Crippen LogP contribution < -0.4 is 15.4 Å². The number of nitrogens with zero attached hydrogens (tertiary/aromatic N) is 1. The Balaban J connectivity index is 1.88. The van der Waals surface area contributed by atoms with Crippen LogP contribution in [-0.2, 0) is 10.0 Å². The molecule has 3 rings (SSSR count). The first-order chi connectivity index (χ1) is 13.7. The lowest BCUT2D eigenvalue weighted by atomic mass is 10.2. The van der Waals surface area contributed by atoms with Gasteiger partial charge < -0.3 is 11.1 Å². The topological polar surface area (TPSA) is 92.5 Å². The first-order valence-electron chi connectivity index (χ1n) is 8.40. The van der Waals surface area contributed by atoms with Crippen LogP contribution in [0.5, 0.6) is 0 Å². The van der Waals surface area contributed by atoms with Crippen LogP contribution in [0.25, 0.3) is 0 Å². The zero-order valence-corrected chi connectivity index (χ0v) is 17.6. The molecule has 0 atom stereocenters. The fourth-order valence-corrected chi connectivity index (χ4v) is 4.32. The Morgan fingerprint density at radius 3 is 2.21 bits per heavy atom. The number of halogens is 2. The van der Waals surface area contributed by atoms with Gasteiger partial charge in [-0.2, -0.15) is 0 Å². The monoisotopic (exact) mass is 449 g/mol. The normalized spacial score (nSPS) is 11.1. The molecular weight excluding hydrogens is 433 g/mol. The molecule has 0 aromatic heterocycles. The zero-order chi connectivity index (χ0) is 21.2. The van der Waals surface area contributed by atoms with Crippen LogP contribution in [-0.4, -0.2) is 21.4 Å². The molecule has 0 saturated carbocycles. The van der Waals surface area contributed by atoms with E-state index in [9.17, 15) is 13.2 Å². The lowest BCUT2D eigenvalue weighted by molar-refractivity contribution is 0.102. The minimum atomic E-state index is -3.85. The summed E-state index contributed by atoms with van der Waals surface area (Å²) in [5.74, 6) is -0.513. The van der Waals surface area contributed by atoms with Crippen molar-refractivity contribution in [3.63, 3.8) is 0 Å². The average molecular weight is 450 g/mol.